The minimum Gasteiger partial charge on any atom is -0.496 e. The molecule has 0 saturated heterocycles. The van der Waals surface area contributed by atoms with Gasteiger partial charge in [-0.2, -0.15) is 0 Å². The van der Waals surface area contributed by atoms with Gasteiger partial charge in [0.05, 0.1) is 25.9 Å². The fourth-order valence-corrected chi connectivity index (χ4v) is 3.08. The molecule has 2 unspecified atom stereocenters. The second-order valence-corrected chi connectivity index (χ2v) is 5.41. The zero-order chi connectivity index (χ0) is 14.5. The van der Waals surface area contributed by atoms with Crippen LogP contribution in [0.1, 0.15) is 43.8 Å². The zero-order valence-corrected chi connectivity index (χ0v) is 12.2. The van der Waals surface area contributed by atoms with Crippen molar-refractivity contribution in [1.82, 2.24) is 0 Å². The fourth-order valence-electron chi connectivity index (χ4n) is 3.08. The van der Waals surface area contributed by atoms with Gasteiger partial charge in [0.15, 0.2) is 0 Å². The molecular formula is C16H24O4. The summed E-state index contributed by atoms with van der Waals surface area (Å²) in [6.45, 7) is 0. The molecule has 4 heteroatoms. The summed E-state index contributed by atoms with van der Waals surface area (Å²) in [6, 6.07) is 5.35. The van der Waals surface area contributed by atoms with Crippen LogP contribution in [0, 0.1) is 5.92 Å². The van der Waals surface area contributed by atoms with Gasteiger partial charge in [-0.25, -0.2) is 0 Å². The van der Waals surface area contributed by atoms with Gasteiger partial charge in [0.2, 0.25) is 0 Å². The first-order chi connectivity index (χ1) is 9.69. The van der Waals surface area contributed by atoms with Gasteiger partial charge in [0.25, 0.3) is 0 Å². The number of ether oxygens (including phenoxy) is 2. The van der Waals surface area contributed by atoms with E-state index in [2.05, 4.69) is 0 Å². The predicted molar refractivity (Wildman–Crippen MR) is 77.1 cm³/mol. The van der Waals surface area contributed by atoms with Crippen LogP contribution in [-0.2, 0) is 0 Å². The molecule has 2 rings (SSSR count). The van der Waals surface area contributed by atoms with Crippen molar-refractivity contribution in [2.24, 2.45) is 5.92 Å². The second kappa shape index (κ2) is 6.95. The molecule has 1 fully saturated rings. The number of methoxy groups -OCH3 is 2. The Morgan fingerprint density at radius 2 is 1.55 bits per heavy atom. The Morgan fingerprint density at radius 1 is 1.00 bits per heavy atom. The van der Waals surface area contributed by atoms with Crippen LogP contribution in [0.15, 0.2) is 18.2 Å². The van der Waals surface area contributed by atoms with Crippen molar-refractivity contribution in [2.45, 2.75) is 44.3 Å². The highest BCUT2D eigenvalue weighted by atomic mass is 16.5. The molecule has 0 heterocycles. The molecule has 1 saturated carbocycles. The van der Waals surface area contributed by atoms with Gasteiger partial charge in [-0.15, -0.1) is 0 Å². The maximum Gasteiger partial charge on any atom is 0.128 e. The van der Waals surface area contributed by atoms with Crippen molar-refractivity contribution in [1.29, 1.82) is 0 Å². The highest BCUT2D eigenvalue weighted by Crippen LogP contribution is 2.39. The maximum absolute atomic E-state index is 10.6. The summed E-state index contributed by atoms with van der Waals surface area (Å²) >= 11 is 0. The SMILES string of the molecule is COc1cccc(OC)c1C(O)C(O)C1CCCCC1. The molecule has 20 heavy (non-hydrogen) atoms. The number of rotatable bonds is 5. The lowest BCUT2D eigenvalue weighted by atomic mass is 9.82. The first kappa shape index (κ1) is 15.1. The summed E-state index contributed by atoms with van der Waals surface area (Å²) in [4.78, 5) is 0. The van der Waals surface area contributed by atoms with Crippen LogP contribution in [0.3, 0.4) is 0 Å². The molecule has 1 aliphatic carbocycles. The molecule has 0 radical (unpaired) electrons. The first-order valence-electron chi connectivity index (χ1n) is 7.26. The van der Waals surface area contributed by atoms with Crippen molar-refractivity contribution in [2.75, 3.05) is 14.2 Å². The molecule has 0 aromatic heterocycles. The normalized spacial score (nSPS) is 19.4. The molecule has 0 amide bonds. The van der Waals surface area contributed by atoms with Crippen LogP contribution in [0.4, 0.5) is 0 Å². The van der Waals surface area contributed by atoms with E-state index in [-0.39, 0.29) is 5.92 Å². The van der Waals surface area contributed by atoms with Gasteiger partial charge >= 0.3 is 0 Å². The Morgan fingerprint density at radius 3 is 2.05 bits per heavy atom. The van der Waals surface area contributed by atoms with Crippen molar-refractivity contribution in [3.63, 3.8) is 0 Å². The molecule has 1 aromatic rings. The van der Waals surface area contributed by atoms with E-state index in [1.165, 1.54) is 6.42 Å². The van der Waals surface area contributed by atoms with Crippen molar-refractivity contribution >= 4 is 0 Å². The van der Waals surface area contributed by atoms with E-state index in [4.69, 9.17) is 9.47 Å². The highest BCUT2D eigenvalue weighted by molar-refractivity contribution is 5.46. The van der Waals surface area contributed by atoms with Crippen LogP contribution in [0.25, 0.3) is 0 Å². The van der Waals surface area contributed by atoms with Gasteiger partial charge in [-0.05, 0) is 30.9 Å². The van der Waals surface area contributed by atoms with Gasteiger partial charge in [0, 0.05) is 0 Å². The molecular weight excluding hydrogens is 256 g/mol. The third-order valence-electron chi connectivity index (χ3n) is 4.22. The lowest BCUT2D eigenvalue weighted by molar-refractivity contribution is -0.0304. The molecule has 0 bridgehead atoms. The smallest absolute Gasteiger partial charge is 0.128 e. The summed E-state index contributed by atoms with van der Waals surface area (Å²) < 4.78 is 10.6. The highest BCUT2D eigenvalue weighted by Gasteiger charge is 2.32. The van der Waals surface area contributed by atoms with E-state index in [0.717, 1.165) is 25.7 Å². The average Bonchev–Trinajstić information content (AvgIpc) is 2.53. The molecule has 2 atom stereocenters. The molecule has 112 valence electrons. The lowest BCUT2D eigenvalue weighted by Gasteiger charge is -2.31. The number of aliphatic hydroxyl groups is 2. The van der Waals surface area contributed by atoms with Crippen LogP contribution >= 0.6 is 0 Å². The van der Waals surface area contributed by atoms with E-state index >= 15 is 0 Å². The third-order valence-corrected chi connectivity index (χ3v) is 4.22. The van der Waals surface area contributed by atoms with Gasteiger partial charge < -0.3 is 19.7 Å². The Bertz CT molecular complexity index is 404. The third kappa shape index (κ3) is 3.07. The minimum atomic E-state index is -0.982. The Labute approximate surface area is 120 Å². The van der Waals surface area contributed by atoms with Gasteiger partial charge in [-0.3, -0.25) is 0 Å². The summed E-state index contributed by atoms with van der Waals surface area (Å²) in [6.07, 6.45) is 3.64. The molecule has 4 nitrogen and oxygen atoms in total. The Kier molecular flexibility index (Phi) is 5.26. The van der Waals surface area contributed by atoms with Gasteiger partial charge in [-0.1, -0.05) is 25.3 Å². The van der Waals surface area contributed by atoms with E-state index in [1.807, 2.05) is 0 Å². The molecule has 1 aliphatic rings. The van der Waals surface area contributed by atoms with Crippen LogP contribution in [-0.4, -0.2) is 30.5 Å². The maximum atomic E-state index is 10.6. The number of aliphatic hydroxyl groups excluding tert-OH is 2. The number of hydrogen-bond acceptors (Lipinski definition) is 4. The number of hydrogen-bond donors (Lipinski definition) is 2. The lowest BCUT2D eigenvalue weighted by Crippen LogP contribution is -2.29. The second-order valence-electron chi connectivity index (χ2n) is 5.41. The first-order valence-corrected chi connectivity index (χ1v) is 7.26. The topological polar surface area (TPSA) is 58.9 Å². The molecule has 0 aliphatic heterocycles. The van der Waals surface area contributed by atoms with E-state index < -0.39 is 12.2 Å². The van der Waals surface area contributed by atoms with Gasteiger partial charge in [0.1, 0.15) is 17.6 Å². The monoisotopic (exact) mass is 280 g/mol. The van der Waals surface area contributed by atoms with E-state index in [0.29, 0.717) is 17.1 Å². The van der Waals surface area contributed by atoms with Crippen LogP contribution in [0.2, 0.25) is 0 Å². The van der Waals surface area contributed by atoms with Crippen molar-refractivity contribution in [3.8, 4) is 11.5 Å². The molecule has 1 aromatic carbocycles. The van der Waals surface area contributed by atoms with Crippen molar-refractivity contribution < 1.29 is 19.7 Å². The largest absolute Gasteiger partial charge is 0.496 e. The fraction of sp³-hybridized carbons (Fsp3) is 0.625. The quantitative estimate of drug-likeness (QED) is 0.870. The van der Waals surface area contributed by atoms with E-state index in [9.17, 15) is 10.2 Å². The Hall–Kier alpha value is -1.26. The summed E-state index contributed by atoms with van der Waals surface area (Å²) in [5, 5.41) is 21.0. The Balaban J connectivity index is 2.24. The van der Waals surface area contributed by atoms with Crippen LogP contribution < -0.4 is 9.47 Å². The van der Waals surface area contributed by atoms with Crippen LogP contribution in [0.5, 0.6) is 11.5 Å². The average molecular weight is 280 g/mol. The number of benzene rings is 1. The molecule has 2 N–H and O–H groups in total. The summed E-state index contributed by atoms with van der Waals surface area (Å²) in [5.74, 6) is 1.24. The standard InChI is InChI=1S/C16H24O4/c1-19-12-9-6-10-13(20-2)14(12)16(18)15(17)11-7-4-3-5-8-11/h6,9-11,15-18H,3-5,7-8H2,1-2H3. The molecule has 0 spiro atoms. The van der Waals surface area contributed by atoms with Crippen molar-refractivity contribution in [3.05, 3.63) is 23.8 Å². The minimum absolute atomic E-state index is 0.147. The predicted octanol–water partition coefficient (Wildman–Crippen LogP) is 2.68. The zero-order valence-electron chi connectivity index (χ0n) is 12.2. The summed E-state index contributed by atoms with van der Waals surface area (Å²) in [5.41, 5.74) is 0.538. The van der Waals surface area contributed by atoms with E-state index in [1.54, 1.807) is 32.4 Å². The summed E-state index contributed by atoms with van der Waals surface area (Å²) in [7, 11) is 3.11.